The molecule has 0 aliphatic rings. The van der Waals surface area contributed by atoms with E-state index in [-0.39, 0.29) is 11.5 Å². The van der Waals surface area contributed by atoms with Crippen LogP contribution in [0, 0.1) is 0 Å². The van der Waals surface area contributed by atoms with Crippen LogP contribution in [-0.2, 0) is 21.5 Å². The Hall–Kier alpha value is -2.47. The Bertz CT molecular complexity index is 877. The fraction of sp³-hybridized carbons (Fsp3) is 0.0526. The van der Waals surface area contributed by atoms with Crippen LogP contribution in [0.1, 0.15) is 5.56 Å². The molecule has 0 radical (unpaired) electrons. The van der Waals surface area contributed by atoms with Crippen molar-refractivity contribution < 1.29 is 13.3 Å². The predicted molar refractivity (Wildman–Crippen MR) is 93.4 cm³/mol. The highest BCUT2D eigenvalue weighted by atomic mass is 32.2. The lowest BCUT2D eigenvalue weighted by Crippen LogP contribution is -2.23. The molecule has 0 saturated heterocycles. The smallest absolute Gasteiger partial charge is 0.262 e. The third-order valence-electron chi connectivity index (χ3n) is 3.52. The summed E-state index contributed by atoms with van der Waals surface area (Å²) >= 11 is 0. The first kappa shape index (κ1) is 16.4. The molecule has 5 heteroatoms. The van der Waals surface area contributed by atoms with Crippen molar-refractivity contribution in [3.8, 4) is 11.1 Å². The molecule has 3 rings (SSSR count). The molecule has 4 nitrogen and oxygen atoms in total. The number of rotatable bonds is 6. The van der Waals surface area contributed by atoms with E-state index < -0.39 is 10.0 Å². The minimum atomic E-state index is -3.70. The monoisotopic (exact) mass is 339 g/mol. The van der Waals surface area contributed by atoms with Crippen LogP contribution in [0.25, 0.3) is 11.1 Å². The quantitative estimate of drug-likeness (QED) is 0.696. The maximum absolute atomic E-state index is 12.2. The number of benzene rings is 3. The van der Waals surface area contributed by atoms with Crippen LogP contribution < -0.4 is 4.89 Å². The molecule has 3 aromatic carbocycles. The summed E-state index contributed by atoms with van der Waals surface area (Å²) in [7, 11) is -3.70. The van der Waals surface area contributed by atoms with Crippen LogP contribution in [-0.4, -0.2) is 8.42 Å². The van der Waals surface area contributed by atoms with Gasteiger partial charge in [0.05, 0.1) is 11.5 Å². The maximum Gasteiger partial charge on any atom is 0.262 e. The lowest BCUT2D eigenvalue weighted by Gasteiger charge is -2.08. The zero-order valence-electron chi connectivity index (χ0n) is 12.9. The molecule has 0 aromatic heterocycles. The van der Waals surface area contributed by atoms with E-state index in [1.54, 1.807) is 24.3 Å². The number of sulfonamides is 1. The molecular formula is C19H17NO3S. The molecular weight excluding hydrogens is 322 g/mol. The standard InChI is InChI=1S/C19H17NO3S/c21-24(22,20-23-15-16-7-3-1-4-8-16)19-13-11-18(12-14-19)17-9-5-2-6-10-17/h1-14,20H,15H2. The molecule has 0 unspecified atom stereocenters. The predicted octanol–water partition coefficient (Wildman–Crippen LogP) is 3.76. The zero-order valence-corrected chi connectivity index (χ0v) is 13.7. The van der Waals surface area contributed by atoms with Crippen molar-refractivity contribution in [2.75, 3.05) is 0 Å². The lowest BCUT2D eigenvalue weighted by molar-refractivity contribution is 0.0795. The van der Waals surface area contributed by atoms with Gasteiger partial charge in [-0.3, -0.25) is 4.84 Å². The summed E-state index contributed by atoms with van der Waals surface area (Å²) in [4.78, 5) is 7.43. The van der Waals surface area contributed by atoms with Gasteiger partial charge >= 0.3 is 0 Å². The highest BCUT2D eigenvalue weighted by Gasteiger charge is 2.14. The van der Waals surface area contributed by atoms with E-state index in [9.17, 15) is 8.42 Å². The second kappa shape index (κ2) is 7.40. The third kappa shape index (κ3) is 4.08. The minimum absolute atomic E-state index is 0.162. The Morgan fingerprint density at radius 1 is 0.708 bits per heavy atom. The van der Waals surface area contributed by atoms with Gasteiger partial charge in [0, 0.05) is 0 Å². The number of nitrogens with one attached hydrogen (secondary N) is 1. The van der Waals surface area contributed by atoms with Gasteiger partial charge in [-0.25, -0.2) is 8.42 Å². The summed E-state index contributed by atoms with van der Waals surface area (Å²) in [6, 6.07) is 25.8. The van der Waals surface area contributed by atoms with Crippen LogP contribution in [0.15, 0.2) is 89.8 Å². The Balaban J connectivity index is 1.66. The van der Waals surface area contributed by atoms with Gasteiger partial charge < -0.3 is 0 Å². The summed E-state index contributed by atoms with van der Waals surface area (Å²) in [6.45, 7) is 0.169. The van der Waals surface area contributed by atoms with Gasteiger partial charge in [0.1, 0.15) is 0 Å². The van der Waals surface area contributed by atoms with E-state index in [0.29, 0.717) is 0 Å². The van der Waals surface area contributed by atoms with E-state index in [4.69, 9.17) is 4.84 Å². The Kier molecular flexibility index (Phi) is 5.05. The van der Waals surface area contributed by atoms with Gasteiger partial charge in [0.2, 0.25) is 0 Å². The van der Waals surface area contributed by atoms with E-state index in [1.807, 2.05) is 60.7 Å². The van der Waals surface area contributed by atoms with E-state index >= 15 is 0 Å². The van der Waals surface area contributed by atoms with Crippen molar-refractivity contribution in [1.82, 2.24) is 4.89 Å². The summed E-state index contributed by atoms with van der Waals surface area (Å²) < 4.78 is 24.5. The Labute approximate surface area is 141 Å². The molecule has 0 heterocycles. The van der Waals surface area contributed by atoms with E-state index in [2.05, 4.69) is 4.89 Å². The fourth-order valence-electron chi connectivity index (χ4n) is 2.27. The molecule has 0 spiro atoms. The Morgan fingerprint density at radius 3 is 1.88 bits per heavy atom. The summed E-state index contributed by atoms with van der Waals surface area (Å²) in [6.07, 6.45) is 0. The van der Waals surface area contributed by atoms with Crippen molar-refractivity contribution in [2.45, 2.75) is 11.5 Å². The minimum Gasteiger partial charge on any atom is -0.282 e. The molecule has 0 aliphatic heterocycles. The van der Waals surface area contributed by atoms with Crippen molar-refractivity contribution >= 4 is 10.0 Å². The van der Waals surface area contributed by atoms with Crippen LogP contribution in [0.2, 0.25) is 0 Å². The van der Waals surface area contributed by atoms with Crippen LogP contribution >= 0.6 is 0 Å². The van der Waals surface area contributed by atoms with Gasteiger partial charge in [0.15, 0.2) is 0 Å². The van der Waals surface area contributed by atoms with Gasteiger partial charge in [-0.1, -0.05) is 77.7 Å². The average Bonchev–Trinajstić information content (AvgIpc) is 2.63. The van der Waals surface area contributed by atoms with E-state index in [0.717, 1.165) is 16.7 Å². The fourth-order valence-corrected chi connectivity index (χ4v) is 3.07. The van der Waals surface area contributed by atoms with Crippen molar-refractivity contribution in [3.63, 3.8) is 0 Å². The second-order valence-electron chi connectivity index (χ2n) is 5.25. The molecule has 0 saturated carbocycles. The zero-order chi connectivity index (χ0) is 16.8. The molecule has 122 valence electrons. The SMILES string of the molecule is O=S(=O)(NOCc1ccccc1)c1ccc(-c2ccccc2)cc1. The normalized spacial score (nSPS) is 11.3. The third-order valence-corrected chi connectivity index (χ3v) is 4.75. The van der Waals surface area contributed by atoms with Gasteiger partial charge in [0.25, 0.3) is 10.0 Å². The summed E-state index contributed by atoms with van der Waals surface area (Å²) in [5.74, 6) is 0. The van der Waals surface area contributed by atoms with Crippen LogP contribution in [0.5, 0.6) is 0 Å². The summed E-state index contributed by atoms with van der Waals surface area (Å²) in [5, 5.41) is 0. The van der Waals surface area contributed by atoms with Crippen LogP contribution in [0.3, 0.4) is 0 Å². The first-order valence-electron chi connectivity index (χ1n) is 7.48. The second-order valence-corrected chi connectivity index (χ2v) is 6.90. The first-order chi connectivity index (χ1) is 11.6. The highest BCUT2D eigenvalue weighted by molar-refractivity contribution is 7.89. The van der Waals surface area contributed by atoms with Gasteiger partial charge in [-0.15, -0.1) is 0 Å². The number of hydrogen-bond acceptors (Lipinski definition) is 3. The first-order valence-corrected chi connectivity index (χ1v) is 8.96. The average molecular weight is 339 g/mol. The lowest BCUT2D eigenvalue weighted by atomic mass is 10.1. The Morgan fingerprint density at radius 2 is 1.25 bits per heavy atom. The highest BCUT2D eigenvalue weighted by Crippen LogP contribution is 2.20. The molecule has 0 bridgehead atoms. The molecule has 3 aromatic rings. The van der Waals surface area contributed by atoms with Crippen LogP contribution in [0.4, 0.5) is 0 Å². The molecule has 0 atom stereocenters. The largest absolute Gasteiger partial charge is 0.282 e. The summed E-state index contributed by atoms with van der Waals surface area (Å²) in [5.41, 5.74) is 2.88. The van der Waals surface area contributed by atoms with Gasteiger partial charge in [-0.2, -0.15) is 0 Å². The molecule has 0 aliphatic carbocycles. The van der Waals surface area contributed by atoms with Crippen molar-refractivity contribution in [2.24, 2.45) is 0 Å². The maximum atomic E-state index is 12.2. The van der Waals surface area contributed by atoms with Crippen molar-refractivity contribution in [1.29, 1.82) is 0 Å². The van der Waals surface area contributed by atoms with Gasteiger partial charge in [-0.05, 0) is 28.8 Å². The molecule has 24 heavy (non-hydrogen) atoms. The molecule has 0 amide bonds. The number of hydrogen-bond donors (Lipinski definition) is 1. The molecule has 0 fully saturated rings. The molecule has 1 N–H and O–H groups in total. The van der Waals surface area contributed by atoms with Crippen molar-refractivity contribution in [3.05, 3.63) is 90.5 Å². The topological polar surface area (TPSA) is 55.4 Å². The van der Waals surface area contributed by atoms with E-state index in [1.165, 1.54) is 0 Å².